The summed E-state index contributed by atoms with van der Waals surface area (Å²) in [6.45, 7) is 1.64. The predicted molar refractivity (Wildman–Crippen MR) is 94.5 cm³/mol. The molecular formula is C17H26ClNO7S. The van der Waals surface area contributed by atoms with Crippen molar-refractivity contribution in [2.24, 2.45) is 0 Å². The van der Waals surface area contributed by atoms with Gasteiger partial charge in [0.25, 0.3) is 0 Å². The maximum atomic E-state index is 10.6. The predicted octanol–water partition coefficient (Wildman–Crippen LogP) is -4.76. The highest BCUT2D eigenvalue weighted by Gasteiger charge is 2.51. The maximum Gasteiger partial charge on any atom is 0.184 e. The van der Waals surface area contributed by atoms with Gasteiger partial charge >= 0.3 is 0 Å². The number of halogens is 1. The van der Waals surface area contributed by atoms with Crippen molar-refractivity contribution >= 4 is 10.9 Å². The quantitative estimate of drug-likeness (QED) is 0.298. The van der Waals surface area contributed by atoms with Crippen LogP contribution in [0, 0.1) is 6.92 Å². The number of hydrogen-bond donors (Lipinski definition) is 5. The van der Waals surface area contributed by atoms with E-state index < -0.39 is 53.0 Å². The van der Waals surface area contributed by atoms with Crippen molar-refractivity contribution < 1.29 is 47.4 Å². The van der Waals surface area contributed by atoms with E-state index in [1.54, 1.807) is 18.5 Å². The highest BCUT2D eigenvalue weighted by molar-refractivity contribution is 7.97. The fraction of sp³-hybridized carbons (Fsp3) is 0.706. The van der Waals surface area contributed by atoms with E-state index in [4.69, 9.17) is 9.47 Å². The van der Waals surface area contributed by atoms with Gasteiger partial charge in [-0.3, -0.25) is 4.98 Å². The molecule has 0 aliphatic carbocycles. The average Bonchev–Trinajstić information content (AvgIpc) is 2.89. The van der Waals surface area contributed by atoms with Crippen molar-refractivity contribution in [3.05, 3.63) is 29.6 Å². The summed E-state index contributed by atoms with van der Waals surface area (Å²) in [5.41, 5.74) is 1.66. The number of ether oxygens (including phenoxy) is 2. The summed E-state index contributed by atoms with van der Waals surface area (Å²) in [4.78, 5) is 4.03. The lowest BCUT2D eigenvalue weighted by Crippen LogP contribution is -3.00. The van der Waals surface area contributed by atoms with Gasteiger partial charge in [-0.05, 0) is 18.6 Å². The van der Waals surface area contributed by atoms with Crippen LogP contribution in [0.5, 0.6) is 0 Å². The first-order valence-corrected chi connectivity index (χ1v) is 10.2. The minimum absolute atomic E-state index is 0. The van der Waals surface area contributed by atoms with Gasteiger partial charge in [-0.2, -0.15) is 0 Å². The molecule has 3 heterocycles. The van der Waals surface area contributed by atoms with Crippen molar-refractivity contribution in [2.45, 2.75) is 49.0 Å². The van der Waals surface area contributed by atoms with Crippen LogP contribution in [0.4, 0.5) is 0 Å². The van der Waals surface area contributed by atoms with Gasteiger partial charge in [0.2, 0.25) is 0 Å². The molecule has 0 amide bonds. The summed E-state index contributed by atoms with van der Waals surface area (Å²) >= 11 is 0. The molecule has 2 aliphatic heterocycles. The lowest BCUT2D eigenvalue weighted by molar-refractivity contribution is -0.273. The van der Waals surface area contributed by atoms with Crippen molar-refractivity contribution in [2.75, 3.05) is 24.7 Å². The van der Waals surface area contributed by atoms with E-state index in [0.29, 0.717) is 5.75 Å². The average molecular weight is 424 g/mol. The highest BCUT2D eigenvalue weighted by Crippen LogP contribution is 2.31. The number of aryl methyl sites for hydroxylation is 1. The topological polar surface area (TPSA) is 132 Å². The molecule has 1 aromatic heterocycles. The van der Waals surface area contributed by atoms with Crippen molar-refractivity contribution in [1.82, 2.24) is 4.98 Å². The van der Waals surface area contributed by atoms with Crippen molar-refractivity contribution in [3.8, 4) is 0 Å². The minimum atomic E-state index is -1.01. The molecule has 154 valence electrons. The Hall–Kier alpha value is -0.490. The number of hydrogen-bond acceptors (Lipinski definition) is 8. The van der Waals surface area contributed by atoms with Gasteiger partial charge in [-0.1, -0.05) is 0 Å². The Morgan fingerprint density at radius 2 is 2.04 bits per heavy atom. The number of aliphatic hydroxyl groups is 5. The molecule has 0 spiro atoms. The lowest BCUT2D eigenvalue weighted by Gasteiger charge is -2.36. The first-order chi connectivity index (χ1) is 12.4. The number of rotatable bonds is 5. The van der Waals surface area contributed by atoms with E-state index >= 15 is 0 Å². The van der Waals surface area contributed by atoms with E-state index in [9.17, 15) is 25.5 Å². The van der Waals surface area contributed by atoms with E-state index in [0.717, 1.165) is 11.1 Å². The van der Waals surface area contributed by atoms with Crippen molar-refractivity contribution in [3.63, 3.8) is 0 Å². The Morgan fingerprint density at radius 3 is 2.70 bits per heavy atom. The zero-order chi connectivity index (χ0) is 18.8. The molecule has 27 heavy (non-hydrogen) atoms. The summed E-state index contributed by atoms with van der Waals surface area (Å²) in [5, 5.41) is 49.6. The Morgan fingerprint density at radius 1 is 1.30 bits per heavy atom. The minimum Gasteiger partial charge on any atom is -1.00 e. The number of aromatic nitrogens is 1. The van der Waals surface area contributed by atoms with Crippen LogP contribution in [0.15, 0.2) is 18.5 Å². The molecule has 1 aromatic rings. The smallest absolute Gasteiger partial charge is 0.184 e. The molecule has 0 bridgehead atoms. The van der Waals surface area contributed by atoms with E-state index in [2.05, 4.69) is 4.98 Å². The van der Waals surface area contributed by atoms with Gasteiger partial charge in [0.05, 0.1) is 13.2 Å². The Bertz CT molecular complexity index is 612. The van der Waals surface area contributed by atoms with Crippen molar-refractivity contribution in [1.29, 1.82) is 0 Å². The molecule has 3 rings (SSSR count). The van der Waals surface area contributed by atoms with Gasteiger partial charge in [0.1, 0.15) is 42.0 Å². The number of aliphatic hydroxyl groups excluding tert-OH is 5. The maximum absolute atomic E-state index is 10.6. The zero-order valence-corrected chi connectivity index (χ0v) is 16.5. The van der Waals surface area contributed by atoms with Gasteiger partial charge in [-0.25, -0.2) is 0 Å². The van der Waals surface area contributed by atoms with Gasteiger partial charge in [-0.15, -0.1) is 0 Å². The van der Waals surface area contributed by atoms with Crippen LogP contribution in [0.25, 0.3) is 0 Å². The van der Waals surface area contributed by atoms with E-state index in [1.165, 1.54) is 0 Å². The Labute approximate surface area is 166 Å². The van der Waals surface area contributed by atoms with Crippen LogP contribution in [0.1, 0.15) is 17.4 Å². The molecule has 0 radical (unpaired) electrons. The molecule has 5 N–H and O–H groups in total. The largest absolute Gasteiger partial charge is 1.00 e. The van der Waals surface area contributed by atoms with Crippen LogP contribution in [-0.4, -0.2) is 91.0 Å². The van der Waals surface area contributed by atoms with E-state index in [1.807, 2.05) is 6.92 Å². The molecule has 0 saturated carbocycles. The third kappa shape index (κ3) is 4.92. The second kappa shape index (κ2) is 9.82. The number of nitrogens with zero attached hydrogens (tertiary/aromatic N) is 1. The highest BCUT2D eigenvalue weighted by atomic mass is 35.5. The molecule has 2 aliphatic rings. The van der Waals surface area contributed by atoms with Crippen LogP contribution in [0.2, 0.25) is 0 Å². The van der Waals surface area contributed by atoms with Crippen LogP contribution in [-0.2, 0) is 20.4 Å². The normalized spacial score (nSPS) is 37.6. The molecule has 0 aromatic carbocycles. The first kappa shape index (κ1) is 22.8. The summed E-state index contributed by atoms with van der Waals surface area (Å²) in [5.74, 6) is 0.540. The molecule has 8 atom stereocenters. The standard InChI is InChI=1S/C17H26NO7S.ClH/c1-9-4-18-3-2-10(9)17-24-6-11(20)16(25-17)13(22)8-26-7-12(21)15(23)14(26)5-19;/h2-4,11-17,19-23H,5-8H2,1H3;1H/q+1;/p-1/t11-,12-,13-,14-,15+,16+,17?,26?;/m1./s1. The van der Waals surface area contributed by atoms with Crippen LogP contribution < -0.4 is 12.4 Å². The summed E-state index contributed by atoms with van der Waals surface area (Å²) < 4.78 is 11.4. The lowest BCUT2D eigenvalue weighted by atomic mass is 10.1. The van der Waals surface area contributed by atoms with Gasteiger partial charge in [0.15, 0.2) is 11.5 Å². The Kier molecular flexibility index (Phi) is 8.29. The zero-order valence-electron chi connectivity index (χ0n) is 14.9. The Balaban J connectivity index is 0.00000261. The second-order valence-corrected chi connectivity index (χ2v) is 9.13. The fourth-order valence-electron chi connectivity index (χ4n) is 3.42. The molecule has 2 saturated heterocycles. The van der Waals surface area contributed by atoms with Gasteiger partial charge in [0, 0.05) is 28.9 Å². The second-order valence-electron chi connectivity index (χ2n) is 6.78. The number of pyridine rings is 1. The molecule has 2 fully saturated rings. The molecule has 8 nitrogen and oxygen atoms in total. The summed E-state index contributed by atoms with van der Waals surface area (Å²) in [6, 6.07) is 1.77. The summed E-state index contributed by atoms with van der Waals surface area (Å²) in [7, 11) is -0.574. The first-order valence-electron chi connectivity index (χ1n) is 8.59. The van der Waals surface area contributed by atoms with Gasteiger partial charge < -0.3 is 47.4 Å². The summed E-state index contributed by atoms with van der Waals surface area (Å²) in [6.07, 6.45) is -2.15. The molecule has 2 unspecified atom stereocenters. The van der Waals surface area contributed by atoms with E-state index in [-0.39, 0.29) is 31.4 Å². The third-order valence-corrected chi connectivity index (χ3v) is 7.75. The SMILES string of the molecule is Cc1cnccc1C1OC[C@@H](O)[C@@H]([C@H](O)C[S+]2C[C@@H](O)[C@H](O)[C@H]2CO)O1.[Cl-]. The third-order valence-electron chi connectivity index (χ3n) is 4.93. The van der Waals surface area contributed by atoms with Crippen LogP contribution in [0.3, 0.4) is 0 Å². The fourth-order valence-corrected chi connectivity index (χ4v) is 6.10. The monoisotopic (exact) mass is 423 g/mol. The molecular weight excluding hydrogens is 398 g/mol. The molecule has 10 heteroatoms. The van der Waals surface area contributed by atoms with Crippen LogP contribution >= 0.6 is 0 Å².